The standard InChI is InChI=1S/C15H20N2OS/c1-9-11-7-10(15(9,2)3)8-12(11)16-17-14(18)13-5-4-6-19-13/h4-6,9-11H,7-8H2,1-3H3,(H,17,18)/t9-,10-,11+/m0/s1. The summed E-state index contributed by atoms with van der Waals surface area (Å²) in [6.07, 6.45) is 2.29. The van der Waals surface area contributed by atoms with Gasteiger partial charge in [0.2, 0.25) is 0 Å². The van der Waals surface area contributed by atoms with Gasteiger partial charge in [0.25, 0.3) is 5.91 Å². The van der Waals surface area contributed by atoms with Crippen molar-refractivity contribution in [3.63, 3.8) is 0 Å². The van der Waals surface area contributed by atoms with Crippen molar-refractivity contribution in [2.24, 2.45) is 28.3 Å². The molecule has 2 bridgehead atoms. The van der Waals surface area contributed by atoms with Gasteiger partial charge in [-0.25, -0.2) is 5.43 Å². The molecule has 0 unspecified atom stereocenters. The smallest absolute Gasteiger partial charge is 0.266 e. The van der Waals surface area contributed by atoms with E-state index in [1.165, 1.54) is 23.5 Å². The Labute approximate surface area is 118 Å². The maximum Gasteiger partial charge on any atom is 0.281 e. The first-order chi connectivity index (χ1) is 9.00. The molecule has 1 aromatic rings. The van der Waals surface area contributed by atoms with Crippen LogP contribution >= 0.6 is 11.3 Å². The van der Waals surface area contributed by atoms with Crippen LogP contribution in [-0.4, -0.2) is 11.6 Å². The molecule has 1 N–H and O–H groups in total. The lowest BCUT2D eigenvalue weighted by Gasteiger charge is -2.36. The van der Waals surface area contributed by atoms with Crippen LogP contribution in [0.2, 0.25) is 0 Å². The first-order valence-electron chi connectivity index (χ1n) is 6.90. The lowest BCUT2D eigenvalue weighted by Crippen LogP contribution is -2.34. The second-order valence-corrected chi connectivity index (χ2v) is 7.32. The van der Waals surface area contributed by atoms with E-state index in [1.807, 2.05) is 17.5 Å². The molecule has 0 aliphatic heterocycles. The number of hydrogen-bond acceptors (Lipinski definition) is 3. The number of carbonyl (C=O) groups excluding carboxylic acids is 1. The third-order valence-corrected chi connectivity index (χ3v) is 6.17. The van der Waals surface area contributed by atoms with Gasteiger partial charge in [-0.3, -0.25) is 4.79 Å². The SMILES string of the molecule is C[C@H]1[C@H]2C[C@@H](CC2=NNC(=O)c2cccs2)C1(C)C. The van der Waals surface area contributed by atoms with Gasteiger partial charge in [-0.1, -0.05) is 26.8 Å². The highest BCUT2D eigenvalue weighted by atomic mass is 32.1. The van der Waals surface area contributed by atoms with E-state index in [2.05, 4.69) is 31.3 Å². The Kier molecular flexibility index (Phi) is 3.01. The summed E-state index contributed by atoms with van der Waals surface area (Å²) in [5.74, 6) is 1.86. The van der Waals surface area contributed by atoms with Gasteiger partial charge >= 0.3 is 0 Å². The summed E-state index contributed by atoms with van der Waals surface area (Å²) in [7, 11) is 0. The molecule has 0 radical (unpaired) electrons. The molecule has 3 nitrogen and oxygen atoms in total. The Hall–Kier alpha value is -1.16. The van der Waals surface area contributed by atoms with Gasteiger partial charge in [-0.15, -0.1) is 11.3 Å². The van der Waals surface area contributed by atoms with Crippen molar-refractivity contribution in [3.05, 3.63) is 22.4 Å². The number of hydrogen-bond donors (Lipinski definition) is 1. The summed E-state index contributed by atoms with van der Waals surface area (Å²) < 4.78 is 0. The summed E-state index contributed by atoms with van der Waals surface area (Å²) in [4.78, 5) is 12.6. The average molecular weight is 276 g/mol. The third kappa shape index (κ3) is 2.02. The van der Waals surface area contributed by atoms with E-state index in [0.717, 1.165) is 17.2 Å². The Morgan fingerprint density at radius 3 is 2.89 bits per heavy atom. The summed E-state index contributed by atoms with van der Waals surface area (Å²) in [6, 6.07) is 3.71. The Morgan fingerprint density at radius 1 is 1.53 bits per heavy atom. The second-order valence-electron chi connectivity index (χ2n) is 6.37. The number of carbonyl (C=O) groups is 1. The average Bonchev–Trinajstić information content (AvgIpc) is 3.06. The summed E-state index contributed by atoms with van der Waals surface area (Å²) in [5.41, 5.74) is 4.33. The second kappa shape index (κ2) is 4.44. The summed E-state index contributed by atoms with van der Waals surface area (Å²) in [5, 5.41) is 6.31. The zero-order valence-electron chi connectivity index (χ0n) is 11.6. The lowest BCUT2D eigenvalue weighted by molar-refractivity contribution is 0.0958. The number of nitrogens with one attached hydrogen (secondary N) is 1. The van der Waals surface area contributed by atoms with Crippen molar-refractivity contribution < 1.29 is 4.79 Å². The van der Waals surface area contributed by atoms with Gasteiger partial charge < -0.3 is 0 Å². The van der Waals surface area contributed by atoms with E-state index < -0.39 is 0 Å². The molecule has 0 saturated heterocycles. The van der Waals surface area contributed by atoms with Crippen molar-refractivity contribution in [1.29, 1.82) is 0 Å². The number of amides is 1. The number of nitrogens with zero attached hydrogens (tertiary/aromatic N) is 1. The maximum absolute atomic E-state index is 11.9. The van der Waals surface area contributed by atoms with Crippen molar-refractivity contribution in [2.45, 2.75) is 33.6 Å². The molecule has 102 valence electrons. The number of hydrazone groups is 1. The van der Waals surface area contributed by atoms with Crippen molar-refractivity contribution in [2.75, 3.05) is 0 Å². The number of fused-ring (bicyclic) bond motifs is 2. The molecule has 3 rings (SSSR count). The molecule has 2 aliphatic rings. The van der Waals surface area contributed by atoms with E-state index in [4.69, 9.17) is 0 Å². The zero-order chi connectivity index (χ0) is 13.6. The molecule has 0 spiro atoms. The molecule has 19 heavy (non-hydrogen) atoms. The summed E-state index contributed by atoms with van der Waals surface area (Å²) in [6.45, 7) is 7.05. The first-order valence-corrected chi connectivity index (χ1v) is 7.78. The van der Waals surface area contributed by atoms with Gasteiger partial charge in [0.15, 0.2) is 0 Å². The molecule has 1 aromatic heterocycles. The Morgan fingerprint density at radius 2 is 2.32 bits per heavy atom. The van der Waals surface area contributed by atoms with Gasteiger partial charge in [-0.2, -0.15) is 5.10 Å². The molecule has 1 amide bonds. The monoisotopic (exact) mass is 276 g/mol. The molecule has 1 heterocycles. The highest BCUT2D eigenvalue weighted by Gasteiger charge is 2.53. The zero-order valence-corrected chi connectivity index (χ0v) is 12.5. The quantitative estimate of drug-likeness (QED) is 0.825. The number of thiophene rings is 1. The van der Waals surface area contributed by atoms with E-state index in [1.54, 1.807) is 0 Å². The largest absolute Gasteiger partial charge is 0.281 e. The number of rotatable bonds is 2. The minimum Gasteiger partial charge on any atom is -0.266 e. The molecule has 2 aliphatic carbocycles. The normalized spacial score (nSPS) is 33.8. The van der Waals surface area contributed by atoms with Gasteiger partial charge in [-0.05, 0) is 41.5 Å². The van der Waals surface area contributed by atoms with Crippen LogP contribution in [-0.2, 0) is 0 Å². The maximum atomic E-state index is 11.9. The Bertz CT molecular complexity index is 514. The van der Waals surface area contributed by atoms with E-state index in [-0.39, 0.29) is 5.91 Å². The van der Waals surface area contributed by atoms with E-state index in [9.17, 15) is 4.79 Å². The minimum absolute atomic E-state index is 0.0859. The van der Waals surface area contributed by atoms with E-state index >= 15 is 0 Å². The third-order valence-electron chi connectivity index (χ3n) is 5.30. The van der Waals surface area contributed by atoms with Crippen LogP contribution in [0.25, 0.3) is 0 Å². The van der Waals surface area contributed by atoms with E-state index in [0.29, 0.717) is 17.3 Å². The molecule has 4 heteroatoms. The van der Waals surface area contributed by atoms with Crippen LogP contribution in [0.3, 0.4) is 0 Å². The fourth-order valence-electron chi connectivity index (χ4n) is 3.59. The van der Waals surface area contributed by atoms with Crippen LogP contribution in [0.5, 0.6) is 0 Å². The molecular weight excluding hydrogens is 256 g/mol. The fraction of sp³-hybridized carbons (Fsp3) is 0.600. The highest BCUT2D eigenvalue weighted by molar-refractivity contribution is 7.12. The van der Waals surface area contributed by atoms with Gasteiger partial charge in [0.1, 0.15) is 0 Å². The molecule has 2 saturated carbocycles. The predicted molar refractivity (Wildman–Crippen MR) is 78.4 cm³/mol. The van der Waals surface area contributed by atoms with Crippen LogP contribution in [0.4, 0.5) is 0 Å². The van der Waals surface area contributed by atoms with Gasteiger partial charge in [0, 0.05) is 11.6 Å². The predicted octanol–water partition coefficient (Wildman–Crippen LogP) is 3.54. The first kappa shape index (κ1) is 12.9. The van der Waals surface area contributed by atoms with Crippen molar-refractivity contribution in [3.8, 4) is 0 Å². The van der Waals surface area contributed by atoms with Gasteiger partial charge in [0.05, 0.1) is 4.88 Å². The van der Waals surface area contributed by atoms with Crippen LogP contribution < -0.4 is 5.43 Å². The fourth-order valence-corrected chi connectivity index (χ4v) is 4.21. The summed E-state index contributed by atoms with van der Waals surface area (Å²) >= 11 is 1.45. The minimum atomic E-state index is -0.0859. The molecule has 0 aromatic carbocycles. The van der Waals surface area contributed by atoms with Crippen molar-refractivity contribution >= 4 is 23.0 Å². The molecule has 3 atom stereocenters. The lowest BCUT2D eigenvalue weighted by atomic mass is 9.69. The van der Waals surface area contributed by atoms with Crippen molar-refractivity contribution in [1.82, 2.24) is 5.43 Å². The molecule has 2 fully saturated rings. The van der Waals surface area contributed by atoms with Crippen LogP contribution in [0, 0.1) is 23.2 Å². The highest BCUT2D eigenvalue weighted by Crippen LogP contribution is 2.57. The van der Waals surface area contributed by atoms with Crippen LogP contribution in [0.1, 0.15) is 43.3 Å². The topological polar surface area (TPSA) is 41.5 Å². The van der Waals surface area contributed by atoms with Crippen LogP contribution in [0.15, 0.2) is 22.6 Å². The molecular formula is C15H20N2OS. The Balaban J connectivity index is 1.69.